The molecule has 1 spiro atoms. The number of carbonyl (C=O) groups excluding carboxylic acids is 1. The number of rotatable bonds is 1. The predicted molar refractivity (Wildman–Crippen MR) is 75.5 cm³/mol. The Bertz CT molecular complexity index is 347. The maximum atomic E-state index is 12.2. The van der Waals surface area contributed by atoms with Crippen LogP contribution < -0.4 is 5.32 Å². The van der Waals surface area contributed by atoms with Gasteiger partial charge in [-0.3, -0.25) is 0 Å². The number of likely N-dealkylation sites (tertiary alicyclic amines) is 1. The number of carbonyl (C=O) groups is 1. The fourth-order valence-corrected chi connectivity index (χ4v) is 3.81. The molecule has 2 saturated heterocycles. The molecule has 2 amide bonds. The van der Waals surface area contributed by atoms with Crippen molar-refractivity contribution in [3.05, 3.63) is 0 Å². The minimum absolute atomic E-state index is 0.0667. The smallest absolute Gasteiger partial charge is 0.317 e. The average Bonchev–Trinajstić information content (AvgIpc) is 2.96. The van der Waals surface area contributed by atoms with Crippen molar-refractivity contribution in [3.8, 4) is 0 Å². The molecular weight excluding hydrogens is 256 g/mol. The van der Waals surface area contributed by atoms with Gasteiger partial charge in [-0.05, 0) is 38.5 Å². The number of hydrogen-bond donors (Lipinski definition) is 2. The summed E-state index contributed by atoms with van der Waals surface area (Å²) in [5, 5.41) is 13.3. The van der Waals surface area contributed by atoms with Gasteiger partial charge in [0.05, 0.1) is 11.7 Å². The molecule has 0 radical (unpaired) electrons. The molecule has 2 N–H and O–H groups in total. The van der Waals surface area contributed by atoms with E-state index in [4.69, 9.17) is 4.74 Å². The quantitative estimate of drug-likeness (QED) is 0.768. The Morgan fingerprint density at radius 1 is 1.15 bits per heavy atom. The molecule has 3 fully saturated rings. The number of piperidine rings is 1. The first kappa shape index (κ1) is 14.1. The van der Waals surface area contributed by atoms with E-state index in [1.54, 1.807) is 0 Å². The highest BCUT2D eigenvalue weighted by Gasteiger charge is 2.44. The fourth-order valence-electron chi connectivity index (χ4n) is 3.81. The number of ether oxygens (including phenoxy) is 1. The Kier molecular flexibility index (Phi) is 4.17. The largest absolute Gasteiger partial charge is 0.390 e. The van der Waals surface area contributed by atoms with Gasteiger partial charge in [-0.15, -0.1) is 0 Å². The average molecular weight is 282 g/mol. The second kappa shape index (κ2) is 5.90. The summed E-state index contributed by atoms with van der Waals surface area (Å²) in [6.07, 6.45) is 7.61. The van der Waals surface area contributed by atoms with E-state index < -0.39 is 0 Å². The van der Waals surface area contributed by atoms with Crippen LogP contribution in [0.5, 0.6) is 0 Å². The summed E-state index contributed by atoms with van der Waals surface area (Å²) in [5.41, 5.74) is -0.387. The molecule has 2 aliphatic heterocycles. The zero-order chi connectivity index (χ0) is 14.0. The van der Waals surface area contributed by atoms with E-state index in [1.165, 1.54) is 12.8 Å². The van der Waals surface area contributed by atoms with Gasteiger partial charge in [-0.2, -0.15) is 0 Å². The summed E-state index contributed by atoms with van der Waals surface area (Å²) < 4.78 is 5.87. The predicted octanol–water partition coefficient (Wildman–Crippen LogP) is 1.64. The van der Waals surface area contributed by atoms with E-state index >= 15 is 0 Å². The summed E-state index contributed by atoms with van der Waals surface area (Å²) in [6, 6.07) is 0.437. The molecule has 1 saturated carbocycles. The molecule has 114 valence electrons. The van der Waals surface area contributed by atoms with Crippen molar-refractivity contribution in [1.29, 1.82) is 0 Å². The number of nitrogens with zero attached hydrogens (tertiary/aromatic N) is 1. The van der Waals surface area contributed by atoms with E-state index in [9.17, 15) is 9.90 Å². The molecule has 0 bridgehead atoms. The Morgan fingerprint density at radius 2 is 1.85 bits per heavy atom. The van der Waals surface area contributed by atoms with E-state index in [2.05, 4.69) is 5.32 Å². The lowest BCUT2D eigenvalue weighted by Gasteiger charge is -2.46. The Hall–Kier alpha value is -0.810. The van der Waals surface area contributed by atoms with Crippen LogP contribution in [0.2, 0.25) is 0 Å². The minimum Gasteiger partial charge on any atom is -0.390 e. The second-order valence-electron chi connectivity index (χ2n) is 6.49. The van der Waals surface area contributed by atoms with Gasteiger partial charge in [0.15, 0.2) is 0 Å². The summed E-state index contributed by atoms with van der Waals surface area (Å²) in [6.45, 7) is 2.12. The molecule has 5 nitrogen and oxygen atoms in total. The van der Waals surface area contributed by atoms with Crippen LogP contribution in [0.4, 0.5) is 4.79 Å². The second-order valence-corrected chi connectivity index (χ2v) is 6.49. The molecule has 0 aromatic rings. The molecule has 1 aliphatic carbocycles. The minimum atomic E-state index is -0.387. The van der Waals surface area contributed by atoms with Gasteiger partial charge in [0.25, 0.3) is 0 Å². The first-order valence-electron chi connectivity index (χ1n) is 8.07. The summed E-state index contributed by atoms with van der Waals surface area (Å²) >= 11 is 0. The lowest BCUT2D eigenvalue weighted by molar-refractivity contribution is -0.173. The first-order chi connectivity index (χ1) is 9.70. The number of amides is 2. The van der Waals surface area contributed by atoms with E-state index in [1.807, 2.05) is 4.90 Å². The molecule has 0 aromatic carbocycles. The van der Waals surface area contributed by atoms with E-state index in [-0.39, 0.29) is 17.7 Å². The van der Waals surface area contributed by atoms with Crippen LogP contribution in [0, 0.1) is 0 Å². The maximum Gasteiger partial charge on any atom is 0.317 e. The van der Waals surface area contributed by atoms with E-state index in [0.717, 1.165) is 45.1 Å². The standard InChI is InChI=1S/C15H26N2O3/c18-13-6-3-11-20-15(13)7-9-17(10-8-15)14(19)16-12-4-1-2-5-12/h12-13,18H,1-11H2,(H,16,19)/t13-/m1/s1. The van der Waals surface area contributed by atoms with Crippen LogP contribution in [0.15, 0.2) is 0 Å². The van der Waals surface area contributed by atoms with Crippen LogP contribution in [-0.2, 0) is 4.74 Å². The van der Waals surface area contributed by atoms with Gasteiger partial charge in [0.2, 0.25) is 0 Å². The Balaban J connectivity index is 1.51. The highest BCUT2D eigenvalue weighted by Crippen LogP contribution is 2.35. The van der Waals surface area contributed by atoms with Crippen molar-refractivity contribution in [2.45, 2.75) is 69.1 Å². The van der Waals surface area contributed by atoms with Gasteiger partial charge in [0, 0.05) is 25.7 Å². The van der Waals surface area contributed by atoms with Gasteiger partial charge < -0.3 is 20.1 Å². The number of nitrogens with one attached hydrogen (secondary N) is 1. The van der Waals surface area contributed by atoms with Crippen molar-refractivity contribution >= 4 is 6.03 Å². The lowest BCUT2D eigenvalue weighted by Crippen LogP contribution is -2.57. The maximum absolute atomic E-state index is 12.2. The Labute approximate surface area is 120 Å². The fraction of sp³-hybridized carbons (Fsp3) is 0.933. The van der Waals surface area contributed by atoms with Gasteiger partial charge in [-0.1, -0.05) is 12.8 Å². The molecule has 0 unspecified atom stereocenters. The molecule has 1 atom stereocenters. The molecule has 0 aromatic heterocycles. The number of hydrogen-bond acceptors (Lipinski definition) is 3. The van der Waals surface area contributed by atoms with Crippen molar-refractivity contribution in [2.75, 3.05) is 19.7 Å². The molecule has 3 rings (SSSR count). The highest BCUT2D eigenvalue weighted by molar-refractivity contribution is 5.74. The van der Waals surface area contributed by atoms with Crippen LogP contribution in [0.1, 0.15) is 51.4 Å². The van der Waals surface area contributed by atoms with Crippen LogP contribution >= 0.6 is 0 Å². The molecule has 2 heterocycles. The summed E-state index contributed by atoms with van der Waals surface area (Å²) in [4.78, 5) is 14.1. The third kappa shape index (κ3) is 2.79. The number of aliphatic hydroxyl groups excluding tert-OH is 1. The first-order valence-corrected chi connectivity index (χ1v) is 8.07. The number of aliphatic hydroxyl groups is 1. The Morgan fingerprint density at radius 3 is 2.50 bits per heavy atom. The summed E-state index contributed by atoms with van der Waals surface area (Å²) in [5.74, 6) is 0. The topological polar surface area (TPSA) is 61.8 Å². The van der Waals surface area contributed by atoms with E-state index in [0.29, 0.717) is 19.1 Å². The van der Waals surface area contributed by atoms with Gasteiger partial charge >= 0.3 is 6.03 Å². The normalized spacial score (nSPS) is 30.6. The zero-order valence-corrected chi connectivity index (χ0v) is 12.1. The van der Waals surface area contributed by atoms with Crippen LogP contribution in [-0.4, -0.2) is 53.5 Å². The molecule has 3 aliphatic rings. The van der Waals surface area contributed by atoms with Crippen LogP contribution in [0.25, 0.3) is 0 Å². The van der Waals surface area contributed by atoms with Gasteiger partial charge in [-0.25, -0.2) is 4.79 Å². The number of urea groups is 1. The van der Waals surface area contributed by atoms with Crippen molar-refractivity contribution in [3.63, 3.8) is 0 Å². The van der Waals surface area contributed by atoms with Crippen molar-refractivity contribution in [2.24, 2.45) is 0 Å². The zero-order valence-electron chi connectivity index (χ0n) is 12.1. The molecule has 5 heteroatoms. The lowest BCUT2D eigenvalue weighted by atomic mass is 9.82. The summed E-state index contributed by atoms with van der Waals surface area (Å²) in [7, 11) is 0. The highest BCUT2D eigenvalue weighted by atomic mass is 16.5. The molecule has 20 heavy (non-hydrogen) atoms. The van der Waals surface area contributed by atoms with Crippen LogP contribution in [0.3, 0.4) is 0 Å². The van der Waals surface area contributed by atoms with Crippen molar-refractivity contribution < 1.29 is 14.6 Å². The third-order valence-corrected chi connectivity index (χ3v) is 5.20. The SMILES string of the molecule is O=C(NC1CCCC1)N1CCC2(CC1)OCCC[C@H]2O. The van der Waals surface area contributed by atoms with Gasteiger partial charge in [0.1, 0.15) is 0 Å². The monoisotopic (exact) mass is 282 g/mol. The third-order valence-electron chi connectivity index (χ3n) is 5.20. The van der Waals surface area contributed by atoms with Crippen molar-refractivity contribution in [1.82, 2.24) is 10.2 Å². The molecular formula is C15H26N2O3.